The number of carboxylic acid groups (broad SMARTS) is 6. The molecule has 1 aliphatic heterocycles. The number of carboxylic acids is 6. The van der Waals surface area contributed by atoms with Gasteiger partial charge in [-0.15, -0.1) is 0 Å². The van der Waals surface area contributed by atoms with Gasteiger partial charge < -0.3 is 30.6 Å². The van der Waals surface area contributed by atoms with Crippen molar-refractivity contribution in [2.75, 3.05) is 26.2 Å². The van der Waals surface area contributed by atoms with Crippen LogP contribution in [0.2, 0.25) is 0 Å². The fourth-order valence-corrected chi connectivity index (χ4v) is 4.92. The maximum absolute atomic E-state index is 12.2. The summed E-state index contributed by atoms with van der Waals surface area (Å²) in [5, 5.41) is 57.2. The zero-order valence-electron chi connectivity index (χ0n) is 22.9. The first-order valence-electron chi connectivity index (χ1n) is 13.3. The highest BCUT2D eigenvalue weighted by molar-refractivity contribution is 5.76. The smallest absolute Gasteiger partial charge is 0.320 e. The Hall–Kier alpha value is -4.15. The molecule has 0 unspecified atom stereocenters. The van der Waals surface area contributed by atoms with Crippen LogP contribution in [0.25, 0.3) is 0 Å². The zero-order valence-corrected chi connectivity index (χ0v) is 22.9. The van der Waals surface area contributed by atoms with E-state index in [0.29, 0.717) is 11.4 Å². The quantitative estimate of drug-likeness (QED) is 0.155. The summed E-state index contributed by atoms with van der Waals surface area (Å²) in [6.45, 7) is -0.359. The molecular formula is C26H36N4O12. The number of pyridine rings is 1. The van der Waals surface area contributed by atoms with E-state index in [9.17, 15) is 44.1 Å². The Bertz CT molecular complexity index is 1080. The lowest BCUT2D eigenvalue weighted by Gasteiger charge is -2.36. The molecule has 0 radical (unpaired) electrons. The van der Waals surface area contributed by atoms with Gasteiger partial charge in [0.1, 0.15) is 18.1 Å². The molecule has 0 amide bonds. The van der Waals surface area contributed by atoms with E-state index in [4.69, 9.17) is 15.3 Å². The van der Waals surface area contributed by atoms with Gasteiger partial charge in [-0.05, 0) is 31.4 Å². The van der Waals surface area contributed by atoms with Crippen LogP contribution in [0.15, 0.2) is 18.2 Å². The van der Waals surface area contributed by atoms with Gasteiger partial charge in [0.05, 0.1) is 11.4 Å². The van der Waals surface area contributed by atoms with Crippen LogP contribution >= 0.6 is 0 Å². The number of carbonyl (C=O) groups is 6. The molecule has 0 saturated carbocycles. The topological polar surface area (TPSA) is 246 Å². The molecular weight excluding hydrogens is 560 g/mol. The second kappa shape index (κ2) is 16.3. The molecule has 6 N–H and O–H groups in total. The van der Waals surface area contributed by atoms with Crippen LogP contribution in [0.3, 0.4) is 0 Å². The minimum absolute atomic E-state index is 0.0491. The number of aliphatic carboxylic acids is 6. The summed E-state index contributed by atoms with van der Waals surface area (Å²) in [5.41, 5.74) is 0.804. The number of aromatic nitrogens is 1. The van der Waals surface area contributed by atoms with Crippen LogP contribution in [0, 0.1) is 0 Å². The van der Waals surface area contributed by atoms with Gasteiger partial charge in [0.15, 0.2) is 0 Å². The normalized spacial score (nSPS) is 17.6. The van der Waals surface area contributed by atoms with E-state index in [1.807, 2.05) is 0 Å². The van der Waals surface area contributed by atoms with Crippen molar-refractivity contribution < 1.29 is 59.4 Å². The Kier molecular flexibility index (Phi) is 13.2. The van der Waals surface area contributed by atoms with E-state index in [2.05, 4.69) is 4.98 Å². The molecule has 2 bridgehead atoms. The van der Waals surface area contributed by atoms with E-state index in [1.54, 1.807) is 18.2 Å². The Morgan fingerprint density at radius 2 is 0.881 bits per heavy atom. The van der Waals surface area contributed by atoms with Crippen molar-refractivity contribution in [2.24, 2.45) is 0 Å². The highest BCUT2D eigenvalue weighted by Gasteiger charge is 2.33. The number of hydrogen-bond acceptors (Lipinski definition) is 10. The third-order valence-corrected chi connectivity index (χ3v) is 7.02. The Morgan fingerprint density at radius 1 is 0.571 bits per heavy atom. The van der Waals surface area contributed by atoms with Crippen LogP contribution < -0.4 is 0 Å². The lowest BCUT2D eigenvalue weighted by Crippen LogP contribution is -2.52. The van der Waals surface area contributed by atoms with Crippen LogP contribution in [-0.4, -0.2) is 130 Å². The Labute approximate surface area is 240 Å². The molecule has 16 nitrogen and oxygen atoms in total. The summed E-state index contributed by atoms with van der Waals surface area (Å²) in [4.78, 5) is 79.1. The van der Waals surface area contributed by atoms with Crippen LogP contribution in [-0.2, 0) is 41.9 Å². The first-order valence-corrected chi connectivity index (χ1v) is 13.3. The lowest BCUT2D eigenvalue weighted by molar-refractivity contribution is -0.148. The Balaban J connectivity index is 2.55. The van der Waals surface area contributed by atoms with Gasteiger partial charge >= 0.3 is 35.8 Å². The molecule has 232 valence electrons. The largest absolute Gasteiger partial charge is 0.481 e. The van der Waals surface area contributed by atoms with Crippen molar-refractivity contribution in [3.8, 4) is 0 Å². The predicted molar refractivity (Wildman–Crippen MR) is 142 cm³/mol. The molecule has 1 aromatic rings. The highest BCUT2D eigenvalue weighted by atomic mass is 16.4. The van der Waals surface area contributed by atoms with Gasteiger partial charge in [-0.2, -0.15) is 0 Å². The number of rotatable bonds is 15. The standard InChI is InChI=1S/C26H36N4O12/c31-21(32)7-4-18(24(37)38)28-10-12-29(19(25(39)40)5-8-22(33)34)14-16-2-1-3-17(27-16)15-30(13-11-28)20(26(41)42)6-9-23(35)36/h1-3,18-20H,4-15H2,(H,31,32)(H,33,34)(H,35,36)(H,37,38)(H,39,40)(H,41,42)/t18-,19-,20-/m1/s1. The molecule has 2 heterocycles. The first-order chi connectivity index (χ1) is 19.8. The van der Waals surface area contributed by atoms with Crippen molar-refractivity contribution in [3.05, 3.63) is 29.6 Å². The predicted octanol–water partition coefficient (Wildman–Crippen LogP) is -0.0448. The molecule has 1 aliphatic rings. The summed E-state index contributed by atoms with van der Waals surface area (Å²) in [5.74, 6) is -7.47. The number of fused-ring (bicyclic) bond motifs is 2. The van der Waals surface area contributed by atoms with Gasteiger partial charge in [-0.3, -0.25) is 48.5 Å². The molecule has 0 fully saturated rings. The van der Waals surface area contributed by atoms with E-state index in [0.717, 1.165) is 0 Å². The third-order valence-electron chi connectivity index (χ3n) is 7.02. The van der Waals surface area contributed by atoms with Crippen molar-refractivity contribution >= 4 is 35.8 Å². The SMILES string of the molecule is O=C(O)CC[C@H](C(=O)O)N1CCN([C@H](CCC(=O)O)C(=O)O)Cc2cccc(n2)CN([C@H](CCC(=O)O)C(=O)O)CC1. The van der Waals surface area contributed by atoms with Crippen molar-refractivity contribution in [2.45, 2.75) is 69.7 Å². The average Bonchev–Trinajstić information content (AvgIpc) is 2.87. The van der Waals surface area contributed by atoms with Crippen molar-refractivity contribution in [1.82, 2.24) is 19.7 Å². The van der Waals surface area contributed by atoms with E-state index >= 15 is 0 Å². The molecule has 0 aromatic carbocycles. The van der Waals surface area contributed by atoms with E-state index in [-0.39, 0.29) is 58.5 Å². The van der Waals surface area contributed by atoms with Gasteiger partial charge in [0, 0.05) is 58.5 Å². The van der Waals surface area contributed by atoms with Gasteiger partial charge in [0.25, 0.3) is 0 Å². The highest BCUT2D eigenvalue weighted by Crippen LogP contribution is 2.19. The monoisotopic (exact) mass is 596 g/mol. The molecule has 42 heavy (non-hydrogen) atoms. The number of nitrogens with zero attached hydrogens (tertiary/aromatic N) is 4. The molecule has 2 rings (SSSR count). The fraction of sp³-hybridized carbons (Fsp3) is 0.577. The van der Waals surface area contributed by atoms with Crippen LogP contribution in [0.1, 0.15) is 49.9 Å². The minimum Gasteiger partial charge on any atom is -0.481 e. The van der Waals surface area contributed by atoms with Crippen LogP contribution in [0.4, 0.5) is 0 Å². The lowest BCUT2D eigenvalue weighted by atomic mass is 10.1. The summed E-state index contributed by atoms with van der Waals surface area (Å²) < 4.78 is 0. The fourth-order valence-electron chi connectivity index (χ4n) is 4.92. The third kappa shape index (κ3) is 11.0. The molecule has 1 aromatic heterocycles. The maximum Gasteiger partial charge on any atom is 0.320 e. The van der Waals surface area contributed by atoms with Crippen LogP contribution in [0.5, 0.6) is 0 Å². The summed E-state index contributed by atoms with van der Waals surface area (Å²) in [6.07, 6.45) is -2.07. The van der Waals surface area contributed by atoms with Gasteiger partial charge in [0.2, 0.25) is 0 Å². The molecule has 16 heteroatoms. The summed E-state index contributed by atoms with van der Waals surface area (Å²) in [6, 6.07) is 1.08. The maximum atomic E-state index is 12.2. The number of hydrogen-bond donors (Lipinski definition) is 6. The second-order valence-electron chi connectivity index (χ2n) is 9.96. The summed E-state index contributed by atoms with van der Waals surface area (Å²) in [7, 11) is 0. The first kappa shape index (κ1) is 34.1. The minimum atomic E-state index is -1.32. The molecule has 3 atom stereocenters. The average molecular weight is 597 g/mol. The van der Waals surface area contributed by atoms with E-state index < -0.39 is 73.2 Å². The van der Waals surface area contributed by atoms with Crippen molar-refractivity contribution in [3.63, 3.8) is 0 Å². The van der Waals surface area contributed by atoms with Crippen molar-refractivity contribution in [1.29, 1.82) is 0 Å². The van der Waals surface area contributed by atoms with E-state index in [1.165, 1.54) is 14.7 Å². The second-order valence-corrected chi connectivity index (χ2v) is 9.96. The summed E-state index contributed by atoms with van der Waals surface area (Å²) >= 11 is 0. The van der Waals surface area contributed by atoms with Gasteiger partial charge in [-0.1, -0.05) is 6.07 Å². The zero-order chi connectivity index (χ0) is 31.4. The molecule has 0 aliphatic carbocycles. The molecule has 0 saturated heterocycles. The Morgan fingerprint density at radius 3 is 1.19 bits per heavy atom. The molecule has 0 spiro atoms. The van der Waals surface area contributed by atoms with Gasteiger partial charge in [-0.25, -0.2) is 0 Å².